The Morgan fingerprint density at radius 3 is 2.66 bits per heavy atom. The van der Waals surface area contributed by atoms with Crippen molar-refractivity contribution in [3.8, 4) is 11.5 Å². The van der Waals surface area contributed by atoms with Gasteiger partial charge in [-0.2, -0.15) is 5.21 Å². The van der Waals surface area contributed by atoms with Crippen molar-refractivity contribution in [1.29, 1.82) is 0 Å². The van der Waals surface area contributed by atoms with Gasteiger partial charge in [-0.25, -0.2) is 14.3 Å². The first-order chi connectivity index (χ1) is 23.9. The molecule has 0 spiro atoms. The van der Waals surface area contributed by atoms with E-state index in [0.717, 1.165) is 16.9 Å². The molecule has 20 heteroatoms. The number of ketones is 2. The van der Waals surface area contributed by atoms with Crippen LogP contribution < -0.4 is 10.3 Å². The summed E-state index contributed by atoms with van der Waals surface area (Å²) in [7, 11) is 0. The van der Waals surface area contributed by atoms with Crippen LogP contribution in [0.2, 0.25) is 5.02 Å². The molecule has 0 unspecified atom stereocenters. The smallest absolute Gasteiger partial charge is 0.347 e. The predicted octanol–water partition coefficient (Wildman–Crippen LogP) is 1.81. The topological polar surface area (TPSA) is 251 Å². The van der Waals surface area contributed by atoms with Crippen LogP contribution in [0.5, 0.6) is 11.5 Å². The lowest BCUT2D eigenvalue weighted by Crippen LogP contribution is -2.61. The lowest BCUT2D eigenvalue weighted by Gasteiger charge is -2.49. The molecule has 1 fully saturated rings. The van der Waals surface area contributed by atoms with Crippen LogP contribution in [0.3, 0.4) is 0 Å². The number of benzene rings is 1. The number of nitrogens with zero attached hydrogens (tertiary/aromatic N) is 7. The molecule has 6 rings (SSSR count). The second-order valence-electron chi connectivity index (χ2n) is 11.2. The number of carbonyl (C=O) groups is 4. The fraction of sp³-hybridized carbons (Fsp3) is 0.267. The number of aromatic nitrogens is 6. The van der Waals surface area contributed by atoms with Gasteiger partial charge in [0.05, 0.1) is 22.0 Å². The number of anilines is 1. The maximum atomic E-state index is 13.7. The Bertz CT molecular complexity index is 2050. The molecule has 0 saturated carbocycles. The number of aromatic hydroxyl groups is 2. The minimum absolute atomic E-state index is 0.00547. The molecule has 5 heterocycles. The number of carboxylic acids is 1. The van der Waals surface area contributed by atoms with E-state index in [1.54, 1.807) is 24.5 Å². The second-order valence-corrected chi connectivity index (χ2v) is 13.6. The van der Waals surface area contributed by atoms with E-state index in [1.165, 1.54) is 41.1 Å². The largest absolute Gasteiger partial charge is 0.504 e. The third-order valence-electron chi connectivity index (χ3n) is 7.89. The Balaban J connectivity index is 1.18. The second kappa shape index (κ2) is 14.2. The Morgan fingerprint density at radius 2 is 2.00 bits per heavy atom. The molecule has 1 saturated heterocycles. The zero-order chi connectivity index (χ0) is 35.7. The maximum Gasteiger partial charge on any atom is 0.347 e. The number of nitrogen functional groups attached to an aromatic ring is 1. The number of H-pyrrole nitrogens is 1. The minimum Gasteiger partial charge on any atom is -0.504 e. The highest BCUT2D eigenvalue weighted by atomic mass is 35.5. The van der Waals surface area contributed by atoms with Gasteiger partial charge in [0, 0.05) is 47.2 Å². The van der Waals surface area contributed by atoms with Crippen molar-refractivity contribution >= 4 is 74.7 Å². The Labute approximate surface area is 295 Å². The number of pyridine rings is 1. The summed E-state index contributed by atoms with van der Waals surface area (Å²) in [5.41, 5.74) is 7.65. The molecule has 0 aliphatic carbocycles. The highest BCUT2D eigenvalue weighted by Gasteiger charge is 2.54. The quantitative estimate of drug-likeness (QED) is 0.0328. The van der Waals surface area contributed by atoms with E-state index in [1.807, 2.05) is 4.57 Å². The van der Waals surface area contributed by atoms with Gasteiger partial charge in [-0.15, -0.1) is 33.3 Å². The Morgan fingerprint density at radius 1 is 1.24 bits per heavy atom. The molecule has 17 nitrogen and oxygen atoms in total. The Hall–Kier alpha value is -5.40. The van der Waals surface area contributed by atoms with Crippen molar-refractivity contribution in [2.45, 2.75) is 37.8 Å². The summed E-state index contributed by atoms with van der Waals surface area (Å²) in [4.78, 5) is 61.9. The number of Topliss-reactive ketones (excluding diaryl/α,β-unsaturated/α-hetero) is 2. The fourth-order valence-corrected chi connectivity index (χ4v) is 7.52. The van der Waals surface area contributed by atoms with Gasteiger partial charge in [-0.1, -0.05) is 16.8 Å². The molecule has 6 N–H and O–H groups in total. The number of rotatable bonds is 13. The summed E-state index contributed by atoms with van der Waals surface area (Å²) < 4.78 is 1.86. The molecule has 3 atom stereocenters. The minimum atomic E-state index is -1.33. The van der Waals surface area contributed by atoms with E-state index in [4.69, 9.17) is 22.2 Å². The molecule has 2 aliphatic heterocycles. The Kier molecular flexibility index (Phi) is 9.80. The van der Waals surface area contributed by atoms with E-state index < -0.39 is 40.6 Å². The number of carboxylic acid groups (broad SMARTS) is 1. The monoisotopic (exact) mass is 740 g/mol. The van der Waals surface area contributed by atoms with Crippen molar-refractivity contribution in [1.82, 2.24) is 30.5 Å². The summed E-state index contributed by atoms with van der Waals surface area (Å²) in [6.07, 6.45) is 1.96. The number of thiazole rings is 1. The molecule has 0 radical (unpaired) electrons. The van der Waals surface area contributed by atoms with Crippen LogP contribution in [0.1, 0.15) is 40.8 Å². The molecule has 4 aromatic rings. The zero-order valence-electron chi connectivity index (χ0n) is 25.9. The van der Waals surface area contributed by atoms with E-state index in [-0.39, 0.29) is 57.5 Å². The van der Waals surface area contributed by atoms with Crippen molar-refractivity contribution in [2.24, 2.45) is 11.1 Å². The maximum absolute atomic E-state index is 13.7. The first-order valence-electron chi connectivity index (χ1n) is 14.8. The van der Waals surface area contributed by atoms with Gasteiger partial charge < -0.3 is 25.9 Å². The van der Waals surface area contributed by atoms with Crippen molar-refractivity contribution in [2.75, 3.05) is 11.5 Å². The van der Waals surface area contributed by atoms with Crippen LogP contribution in [0.15, 0.2) is 52.8 Å². The van der Waals surface area contributed by atoms with E-state index in [9.17, 15) is 34.5 Å². The SMILES string of the molecule is C[C@H](O/N=C(\C(=O)C[C@@H]1C(=O)N2C(c3nn[nH]n3)=C(C[n+]3ccc(CC(=O)c4ccc(O)c(O)c4Cl)cc3)CS[C@H]12)c1csc(N)n1)C(=O)O. The van der Waals surface area contributed by atoms with E-state index >= 15 is 0 Å². The van der Waals surface area contributed by atoms with E-state index in [2.05, 4.69) is 30.8 Å². The fourth-order valence-electron chi connectivity index (χ4n) is 5.31. The van der Waals surface area contributed by atoms with E-state index in [0.29, 0.717) is 23.6 Å². The molecular formula is C30H27ClN9O8S2+. The van der Waals surface area contributed by atoms with Gasteiger partial charge >= 0.3 is 5.97 Å². The lowest BCUT2D eigenvalue weighted by molar-refractivity contribution is -0.688. The van der Waals surface area contributed by atoms with Crippen molar-refractivity contribution in [3.05, 3.63) is 75.3 Å². The zero-order valence-corrected chi connectivity index (χ0v) is 28.3. The van der Waals surface area contributed by atoms with Crippen LogP contribution in [0.25, 0.3) is 5.70 Å². The highest BCUT2D eigenvalue weighted by molar-refractivity contribution is 8.00. The number of nitrogens with two attached hydrogens (primary N) is 1. The molecule has 3 aromatic heterocycles. The van der Waals surface area contributed by atoms with Gasteiger partial charge in [0.25, 0.3) is 0 Å². The normalized spacial score (nSPS) is 18.0. The van der Waals surface area contributed by atoms with Crippen molar-refractivity contribution in [3.63, 3.8) is 0 Å². The molecule has 1 amide bonds. The number of aliphatic carboxylic acids is 1. The average Bonchev–Trinajstić information content (AvgIpc) is 3.79. The number of β-lactam (4-membered cyclic amide) rings is 1. The molecule has 2 aliphatic rings. The number of nitrogens with one attached hydrogen (secondary N) is 1. The summed E-state index contributed by atoms with van der Waals surface area (Å²) in [5, 5.41) is 47.8. The number of aromatic amines is 1. The van der Waals surface area contributed by atoms with Gasteiger partial charge in [-0.05, 0) is 29.8 Å². The van der Waals surface area contributed by atoms with Gasteiger partial charge in [0.2, 0.25) is 17.8 Å². The molecule has 0 bridgehead atoms. The van der Waals surface area contributed by atoms with Crippen LogP contribution in [-0.2, 0) is 32.2 Å². The summed E-state index contributed by atoms with van der Waals surface area (Å²) in [6.45, 7) is 1.60. The number of fused-ring (bicyclic) bond motifs is 1. The highest BCUT2D eigenvalue weighted by Crippen LogP contribution is 2.47. The number of hydrogen-bond acceptors (Lipinski definition) is 15. The van der Waals surface area contributed by atoms with Gasteiger partial charge in [-0.3, -0.25) is 19.3 Å². The standard InChI is InChI=1S/C30H26ClN9O8S2/c1-13(29(46)47)48-36-23(18-12-50-30(32)33-18)21(43)9-17-27(45)40-24(26-34-37-38-35-26)15(11-49-28(17)40)10-39-6-4-14(5-7-39)8-20(42)16-2-3-19(41)25(44)22(16)31/h2-7,12-13,17,28H,8-11H2,1H3,(H5-,32,33,34,35,36,37,38,41,42,43,44,46,47)/p+1/t13-,17+,28+/m0/s1. The number of oxime groups is 1. The molecular weight excluding hydrogens is 714 g/mol. The number of amides is 1. The number of carbonyl (C=O) groups excluding carboxylic acids is 3. The number of halogens is 1. The van der Waals surface area contributed by atoms with Crippen LogP contribution in [-0.4, -0.2) is 92.2 Å². The summed E-state index contributed by atoms with van der Waals surface area (Å²) in [6, 6.07) is 6.06. The molecule has 258 valence electrons. The third-order valence-corrected chi connectivity index (χ3v) is 10.3. The van der Waals surface area contributed by atoms with Crippen LogP contribution >= 0.6 is 34.7 Å². The van der Waals surface area contributed by atoms with Gasteiger partial charge in [0.1, 0.15) is 5.69 Å². The predicted molar refractivity (Wildman–Crippen MR) is 178 cm³/mol. The summed E-state index contributed by atoms with van der Waals surface area (Å²) in [5.74, 6) is -3.59. The average molecular weight is 741 g/mol. The number of tetrazole rings is 1. The lowest BCUT2D eigenvalue weighted by atomic mass is 9.89. The third kappa shape index (κ3) is 6.87. The summed E-state index contributed by atoms with van der Waals surface area (Å²) >= 11 is 8.58. The molecule has 1 aromatic carbocycles. The van der Waals surface area contributed by atoms with Crippen molar-refractivity contribution < 1.29 is 43.9 Å². The number of hydrogen-bond donors (Lipinski definition) is 5. The van der Waals surface area contributed by atoms with Crippen LogP contribution in [0, 0.1) is 5.92 Å². The number of phenolic OH excluding ortho intramolecular Hbond substituents is 2. The molecule has 50 heavy (non-hydrogen) atoms. The first-order valence-corrected chi connectivity index (χ1v) is 17.1. The van der Waals surface area contributed by atoms with Crippen LogP contribution in [0.4, 0.5) is 5.13 Å². The number of phenols is 2. The number of thioether (sulfide) groups is 1. The van der Waals surface area contributed by atoms with Gasteiger partial charge in [0.15, 0.2) is 52.8 Å². The first kappa shape index (κ1) is 34.5.